The van der Waals surface area contributed by atoms with E-state index < -0.39 is 21.2 Å². The number of hydrogen-bond donors (Lipinski definition) is 1. The van der Waals surface area contributed by atoms with E-state index in [9.17, 15) is 25.3 Å². The molecule has 92 valence electrons. The molecular weight excluding hydrogens is 228 g/mol. The minimum absolute atomic E-state index is 0.102. The molecule has 17 heavy (non-hydrogen) atoms. The van der Waals surface area contributed by atoms with Crippen LogP contribution in [0.3, 0.4) is 0 Å². The fraction of sp³-hybridized carbons (Fsp3) is 0.400. The summed E-state index contributed by atoms with van der Waals surface area (Å²) in [6, 6.07) is 1.90. The molecule has 0 saturated carbocycles. The van der Waals surface area contributed by atoms with Crippen LogP contribution in [0.2, 0.25) is 0 Å². The quantitative estimate of drug-likeness (QED) is 0.643. The van der Waals surface area contributed by atoms with Crippen molar-refractivity contribution in [1.29, 1.82) is 0 Å². The topological polar surface area (TPSA) is 107 Å². The third-order valence-electron chi connectivity index (χ3n) is 2.66. The number of phenolic OH excluding ortho intramolecular Hbond substituents is 1. The van der Waals surface area contributed by atoms with E-state index in [1.807, 2.05) is 6.92 Å². The number of benzene rings is 1. The van der Waals surface area contributed by atoms with Crippen LogP contribution in [0.25, 0.3) is 0 Å². The molecule has 7 nitrogen and oxygen atoms in total. The molecule has 7 heteroatoms. The van der Waals surface area contributed by atoms with Crippen LogP contribution in [-0.2, 0) is 0 Å². The van der Waals surface area contributed by atoms with Crippen LogP contribution in [0.4, 0.5) is 11.4 Å². The van der Waals surface area contributed by atoms with E-state index in [1.54, 1.807) is 6.92 Å². The minimum Gasteiger partial charge on any atom is -0.507 e. The Morgan fingerprint density at radius 1 is 1.24 bits per heavy atom. The molecule has 0 spiro atoms. The molecule has 1 rings (SSSR count). The highest BCUT2D eigenvalue weighted by molar-refractivity contribution is 5.59. The van der Waals surface area contributed by atoms with Crippen LogP contribution in [0, 0.1) is 20.2 Å². The van der Waals surface area contributed by atoms with Crippen LogP contribution in [0.1, 0.15) is 31.7 Å². The summed E-state index contributed by atoms with van der Waals surface area (Å²) in [7, 11) is 0. The summed E-state index contributed by atoms with van der Waals surface area (Å²) in [4.78, 5) is 19.6. The summed E-state index contributed by atoms with van der Waals surface area (Å²) < 4.78 is 0. The van der Waals surface area contributed by atoms with Crippen LogP contribution in [-0.4, -0.2) is 15.0 Å². The summed E-state index contributed by atoms with van der Waals surface area (Å²) in [6.07, 6.45) is 0.669. The van der Waals surface area contributed by atoms with Crippen molar-refractivity contribution in [2.45, 2.75) is 26.2 Å². The van der Waals surface area contributed by atoms with Gasteiger partial charge in [0, 0.05) is 11.6 Å². The van der Waals surface area contributed by atoms with E-state index in [0.29, 0.717) is 12.0 Å². The van der Waals surface area contributed by atoms with Crippen molar-refractivity contribution >= 4 is 11.4 Å². The highest BCUT2D eigenvalue weighted by Crippen LogP contribution is 2.37. The zero-order chi connectivity index (χ0) is 13.2. The van der Waals surface area contributed by atoms with Gasteiger partial charge in [-0.1, -0.05) is 13.8 Å². The molecule has 1 aromatic rings. The molecule has 1 N–H and O–H groups in total. The van der Waals surface area contributed by atoms with Gasteiger partial charge < -0.3 is 5.11 Å². The van der Waals surface area contributed by atoms with Gasteiger partial charge in [-0.05, 0) is 12.3 Å². The second-order valence-electron chi connectivity index (χ2n) is 3.72. The molecule has 0 heterocycles. The zero-order valence-electron chi connectivity index (χ0n) is 9.41. The van der Waals surface area contributed by atoms with Gasteiger partial charge in [0.2, 0.25) is 0 Å². The first-order valence-electron chi connectivity index (χ1n) is 5.04. The maximum Gasteiger partial charge on any atom is 0.349 e. The second-order valence-corrected chi connectivity index (χ2v) is 3.72. The highest BCUT2D eigenvalue weighted by atomic mass is 16.6. The van der Waals surface area contributed by atoms with E-state index >= 15 is 0 Å². The Labute approximate surface area is 97.0 Å². The first-order chi connectivity index (χ1) is 7.88. The first-order valence-corrected chi connectivity index (χ1v) is 5.04. The minimum atomic E-state index is -0.877. The standard InChI is InChI=1S/C10H12N2O5/c1-3-6(2)7-4-8(11(14)15)9(12(16)17)5-10(7)13/h4-6,13H,3H2,1-2H3. The largest absolute Gasteiger partial charge is 0.507 e. The SMILES string of the molecule is CCC(C)c1cc([N+](=O)[O-])c([N+](=O)[O-])cc1O. The van der Waals surface area contributed by atoms with Gasteiger partial charge in [-0.15, -0.1) is 0 Å². The monoisotopic (exact) mass is 240 g/mol. The lowest BCUT2D eigenvalue weighted by atomic mass is 9.96. The van der Waals surface area contributed by atoms with Crippen molar-refractivity contribution in [2.75, 3.05) is 0 Å². The van der Waals surface area contributed by atoms with Crippen molar-refractivity contribution in [3.8, 4) is 5.75 Å². The predicted molar refractivity (Wildman–Crippen MR) is 60.1 cm³/mol. The molecule has 0 radical (unpaired) electrons. The molecule has 0 aliphatic carbocycles. The van der Waals surface area contributed by atoms with Crippen molar-refractivity contribution in [1.82, 2.24) is 0 Å². The Balaban J connectivity index is 3.45. The van der Waals surface area contributed by atoms with Gasteiger partial charge in [0.05, 0.1) is 15.9 Å². The molecule has 0 fully saturated rings. The molecule has 0 amide bonds. The molecule has 0 bridgehead atoms. The van der Waals surface area contributed by atoms with E-state index in [-0.39, 0.29) is 11.7 Å². The van der Waals surface area contributed by atoms with Gasteiger partial charge in [0.15, 0.2) is 0 Å². The maximum atomic E-state index is 10.7. The van der Waals surface area contributed by atoms with Gasteiger partial charge in [-0.2, -0.15) is 0 Å². The maximum absolute atomic E-state index is 10.7. The lowest BCUT2D eigenvalue weighted by Gasteiger charge is -2.10. The number of nitro benzene ring substituents is 2. The molecule has 0 aromatic heterocycles. The average molecular weight is 240 g/mol. The summed E-state index contributed by atoms with van der Waals surface area (Å²) in [5.74, 6) is -0.383. The third-order valence-corrected chi connectivity index (χ3v) is 2.66. The van der Waals surface area contributed by atoms with Crippen LogP contribution >= 0.6 is 0 Å². The molecule has 1 atom stereocenters. The molecule has 1 unspecified atom stereocenters. The number of aromatic hydroxyl groups is 1. The number of rotatable bonds is 4. The van der Waals surface area contributed by atoms with E-state index in [0.717, 1.165) is 12.1 Å². The van der Waals surface area contributed by atoms with Crippen molar-refractivity contribution < 1.29 is 15.0 Å². The second kappa shape index (κ2) is 4.77. The number of hydrogen-bond acceptors (Lipinski definition) is 5. The van der Waals surface area contributed by atoms with Gasteiger partial charge >= 0.3 is 11.4 Å². The normalized spacial score (nSPS) is 12.1. The highest BCUT2D eigenvalue weighted by Gasteiger charge is 2.27. The lowest BCUT2D eigenvalue weighted by molar-refractivity contribution is -0.422. The van der Waals surface area contributed by atoms with E-state index in [1.165, 1.54) is 0 Å². The zero-order valence-corrected chi connectivity index (χ0v) is 9.41. The van der Waals surface area contributed by atoms with E-state index in [2.05, 4.69) is 0 Å². The van der Waals surface area contributed by atoms with Gasteiger partial charge in [0.25, 0.3) is 0 Å². The smallest absolute Gasteiger partial charge is 0.349 e. The summed E-state index contributed by atoms with van der Waals surface area (Å²) >= 11 is 0. The van der Waals surface area contributed by atoms with Crippen LogP contribution in [0.5, 0.6) is 5.75 Å². The fourth-order valence-electron chi connectivity index (χ4n) is 1.49. The molecule has 1 aromatic carbocycles. The summed E-state index contributed by atoms with van der Waals surface area (Å²) in [5.41, 5.74) is -0.938. The van der Waals surface area contributed by atoms with E-state index in [4.69, 9.17) is 0 Å². The Kier molecular flexibility index (Phi) is 3.62. The average Bonchev–Trinajstić information content (AvgIpc) is 2.27. The summed E-state index contributed by atoms with van der Waals surface area (Å²) in [6.45, 7) is 3.64. The number of nitro groups is 2. The van der Waals surface area contributed by atoms with Gasteiger partial charge in [-0.25, -0.2) is 0 Å². The fourth-order valence-corrected chi connectivity index (χ4v) is 1.49. The van der Waals surface area contributed by atoms with Crippen molar-refractivity contribution in [3.05, 3.63) is 37.9 Å². The molecule has 0 aliphatic heterocycles. The Hall–Kier alpha value is -2.18. The summed E-state index contributed by atoms with van der Waals surface area (Å²) in [5, 5.41) is 31.0. The Morgan fingerprint density at radius 2 is 1.71 bits per heavy atom. The predicted octanol–water partition coefficient (Wildman–Crippen LogP) is 2.72. The first kappa shape index (κ1) is 12.9. The molecular formula is C10H12N2O5. The van der Waals surface area contributed by atoms with Gasteiger partial charge in [-0.3, -0.25) is 20.2 Å². The van der Waals surface area contributed by atoms with Crippen molar-refractivity contribution in [2.24, 2.45) is 0 Å². The van der Waals surface area contributed by atoms with Crippen LogP contribution < -0.4 is 0 Å². The molecule has 0 aliphatic rings. The third kappa shape index (κ3) is 2.49. The Bertz CT molecular complexity index is 472. The number of nitrogens with zero attached hydrogens (tertiary/aromatic N) is 2. The Morgan fingerprint density at radius 3 is 2.12 bits per heavy atom. The van der Waals surface area contributed by atoms with Crippen molar-refractivity contribution in [3.63, 3.8) is 0 Å². The van der Waals surface area contributed by atoms with Gasteiger partial charge in [0.1, 0.15) is 5.75 Å². The molecule has 0 saturated heterocycles. The number of phenols is 1. The lowest BCUT2D eigenvalue weighted by Crippen LogP contribution is -2.00. The van der Waals surface area contributed by atoms with Crippen LogP contribution in [0.15, 0.2) is 12.1 Å².